The lowest BCUT2D eigenvalue weighted by Crippen LogP contribution is -2.19. The predicted molar refractivity (Wildman–Crippen MR) is 104 cm³/mol. The topological polar surface area (TPSA) is 55.4 Å². The molecule has 4 heteroatoms. The zero-order chi connectivity index (χ0) is 18.6. The molecule has 0 saturated heterocycles. The number of benzene rings is 2. The average Bonchev–Trinajstić information content (AvgIpc) is 3.06. The van der Waals surface area contributed by atoms with Crippen molar-refractivity contribution < 1.29 is 14.3 Å². The van der Waals surface area contributed by atoms with Gasteiger partial charge in [0.25, 0.3) is 11.8 Å². The zero-order valence-corrected chi connectivity index (χ0v) is 15.1. The molecule has 0 radical (unpaired) electrons. The van der Waals surface area contributed by atoms with Crippen LogP contribution in [0.4, 0.5) is 0 Å². The molecule has 1 N–H and O–H groups in total. The van der Waals surface area contributed by atoms with Gasteiger partial charge in [-0.15, -0.1) is 0 Å². The van der Waals surface area contributed by atoms with E-state index >= 15 is 0 Å². The fraction of sp³-hybridized carbons (Fsp3) is 0.273. The lowest BCUT2D eigenvalue weighted by Gasteiger charge is -2.11. The Morgan fingerprint density at radius 3 is 2.08 bits per heavy atom. The van der Waals surface area contributed by atoms with E-state index in [1.165, 1.54) is 42.5 Å². The highest BCUT2D eigenvalue weighted by Gasteiger charge is 2.07. The van der Waals surface area contributed by atoms with E-state index in [-0.39, 0.29) is 11.8 Å². The van der Waals surface area contributed by atoms with Crippen molar-refractivity contribution in [1.82, 2.24) is 5.32 Å². The van der Waals surface area contributed by atoms with Crippen LogP contribution in [-0.4, -0.2) is 18.4 Å². The quantitative estimate of drug-likeness (QED) is 0.590. The predicted octanol–water partition coefficient (Wildman–Crippen LogP) is 4.51. The Bertz CT molecular complexity index is 722. The number of hydrogen-bond acceptors (Lipinski definition) is 3. The Kier molecular flexibility index (Phi) is 8.13. The molecular formula is C22H25NO3. The molecule has 2 aromatic rings. The van der Waals surface area contributed by atoms with Crippen molar-refractivity contribution in [2.45, 2.75) is 32.6 Å². The molecule has 1 heterocycles. The first-order chi connectivity index (χ1) is 12.7. The van der Waals surface area contributed by atoms with Crippen molar-refractivity contribution in [2.24, 2.45) is 0 Å². The van der Waals surface area contributed by atoms with Crippen molar-refractivity contribution in [2.75, 3.05) is 6.61 Å². The third-order valence-electron chi connectivity index (χ3n) is 3.86. The fourth-order valence-corrected chi connectivity index (χ4v) is 2.52. The first-order valence-corrected chi connectivity index (χ1v) is 9.01. The summed E-state index contributed by atoms with van der Waals surface area (Å²) in [6.45, 7) is 3.04. The van der Waals surface area contributed by atoms with Gasteiger partial charge in [0.1, 0.15) is 5.75 Å². The van der Waals surface area contributed by atoms with Gasteiger partial charge in [-0.2, -0.15) is 0 Å². The van der Waals surface area contributed by atoms with Crippen molar-refractivity contribution in [3.63, 3.8) is 0 Å². The highest BCUT2D eigenvalue weighted by Crippen LogP contribution is 2.29. The minimum absolute atomic E-state index is 0.329. The Labute approximate surface area is 154 Å². The molecule has 1 aliphatic heterocycles. The van der Waals surface area contributed by atoms with Crippen molar-refractivity contribution >= 4 is 11.8 Å². The van der Waals surface area contributed by atoms with Crippen molar-refractivity contribution in [3.8, 4) is 16.9 Å². The van der Waals surface area contributed by atoms with Crippen LogP contribution in [0.2, 0.25) is 0 Å². The maximum atomic E-state index is 10.0. The van der Waals surface area contributed by atoms with Crippen LogP contribution >= 0.6 is 0 Å². The maximum absolute atomic E-state index is 10.0. The SMILES string of the molecule is CCCCCCOc1ccccc1-c1ccccc1.O=C1C=CC(=O)N1. The van der Waals surface area contributed by atoms with Gasteiger partial charge in [-0.25, -0.2) is 0 Å². The third kappa shape index (κ3) is 6.55. The molecule has 3 rings (SSSR count). The number of carbonyl (C=O) groups is 2. The monoisotopic (exact) mass is 351 g/mol. The second-order valence-electron chi connectivity index (χ2n) is 5.96. The molecule has 2 amide bonds. The number of imide groups is 1. The van der Waals surface area contributed by atoms with Crippen LogP contribution in [0.25, 0.3) is 11.1 Å². The van der Waals surface area contributed by atoms with Gasteiger partial charge in [-0.3, -0.25) is 14.9 Å². The summed E-state index contributed by atoms with van der Waals surface area (Å²) in [5.74, 6) is 0.334. The lowest BCUT2D eigenvalue weighted by molar-refractivity contribution is -0.123. The second-order valence-corrected chi connectivity index (χ2v) is 5.96. The van der Waals surface area contributed by atoms with E-state index < -0.39 is 0 Å². The second kappa shape index (κ2) is 10.9. The molecule has 0 fully saturated rings. The molecule has 0 bridgehead atoms. The average molecular weight is 351 g/mol. The maximum Gasteiger partial charge on any atom is 0.250 e. The fourth-order valence-electron chi connectivity index (χ4n) is 2.52. The summed E-state index contributed by atoms with van der Waals surface area (Å²) in [5.41, 5.74) is 2.39. The smallest absolute Gasteiger partial charge is 0.250 e. The molecule has 136 valence electrons. The van der Waals surface area contributed by atoms with E-state index in [0.717, 1.165) is 18.8 Å². The van der Waals surface area contributed by atoms with Gasteiger partial charge in [-0.1, -0.05) is 74.7 Å². The Balaban J connectivity index is 0.000000290. The van der Waals surface area contributed by atoms with E-state index in [2.05, 4.69) is 49.4 Å². The van der Waals surface area contributed by atoms with Gasteiger partial charge < -0.3 is 4.74 Å². The Morgan fingerprint density at radius 1 is 0.808 bits per heavy atom. The number of rotatable bonds is 7. The van der Waals surface area contributed by atoms with Gasteiger partial charge in [0.2, 0.25) is 0 Å². The minimum atomic E-state index is -0.329. The molecule has 1 aliphatic rings. The lowest BCUT2D eigenvalue weighted by atomic mass is 10.1. The van der Waals surface area contributed by atoms with Crippen LogP contribution in [0, 0.1) is 0 Å². The number of nitrogens with one attached hydrogen (secondary N) is 1. The summed E-state index contributed by atoms with van der Waals surface area (Å²) in [6, 6.07) is 18.7. The van der Waals surface area contributed by atoms with Crippen molar-refractivity contribution in [1.29, 1.82) is 0 Å². The summed E-state index contributed by atoms with van der Waals surface area (Å²) < 4.78 is 5.94. The molecule has 4 nitrogen and oxygen atoms in total. The molecule has 0 atom stereocenters. The number of hydrogen-bond donors (Lipinski definition) is 1. The minimum Gasteiger partial charge on any atom is -0.493 e. The van der Waals surface area contributed by atoms with Gasteiger partial charge in [0.05, 0.1) is 6.61 Å². The van der Waals surface area contributed by atoms with Crippen LogP contribution in [0.1, 0.15) is 32.6 Å². The van der Waals surface area contributed by atoms with E-state index in [4.69, 9.17) is 4.74 Å². The molecule has 0 saturated carbocycles. The number of amides is 2. The number of carbonyl (C=O) groups excluding carboxylic acids is 2. The Hall–Kier alpha value is -2.88. The molecule has 26 heavy (non-hydrogen) atoms. The molecule has 2 aromatic carbocycles. The standard InChI is InChI=1S/C18H22O.C4H3NO2/c1-2-3-4-10-15-19-18-14-9-8-13-17(18)16-11-6-5-7-12-16;6-3-1-2-4(7)5-3/h5-9,11-14H,2-4,10,15H2,1H3;1-2H,(H,5,6,7). The normalized spacial score (nSPS) is 12.3. The van der Waals surface area contributed by atoms with E-state index in [0.29, 0.717) is 0 Å². The molecule has 0 aromatic heterocycles. The zero-order valence-electron chi connectivity index (χ0n) is 15.1. The summed E-state index contributed by atoms with van der Waals surface area (Å²) in [7, 11) is 0. The molecule has 0 spiro atoms. The van der Waals surface area contributed by atoms with Gasteiger partial charge >= 0.3 is 0 Å². The molecule has 0 unspecified atom stereocenters. The first kappa shape index (κ1) is 19.4. The van der Waals surface area contributed by atoms with Gasteiger partial charge in [0, 0.05) is 17.7 Å². The molecular weight excluding hydrogens is 326 g/mol. The summed E-state index contributed by atoms with van der Waals surface area (Å²) in [5, 5.41) is 2.03. The van der Waals surface area contributed by atoms with E-state index in [1.54, 1.807) is 0 Å². The molecule has 0 aliphatic carbocycles. The highest BCUT2D eigenvalue weighted by atomic mass is 16.5. The van der Waals surface area contributed by atoms with Crippen LogP contribution in [0.15, 0.2) is 66.7 Å². The van der Waals surface area contributed by atoms with Crippen LogP contribution in [0.5, 0.6) is 5.75 Å². The van der Waals surface area contributed by atoms with Crippen LogP contribution in [-0.2, 0) is 9.59 Å². The van der Waals surface area contributed by atoms with E-state index in [1.807, 2.05) is 17.4 Å². The number of unbranched alkanes of at least 4 members (excludes halogenated alkanes) is 3. The van der Waals surface area contributed by atoms with Gasteiger partial charge in [0.15, 0.2) is 0 Å². The van der Waals surface area contributed by atoms with Crippen LogP contribution in [0.3, 0.4) is 0 Å². The third-order valence-corrected chi connectivity index (χ3v) is 3.86. The van der Waals surface area contributed by atoms with Gasteiger partial charge in [-0.05, 0) is 18.1 Å². The summed E-state index contributed by atoms with van der Waals surface area (Å²) >= 11 is 0. The van der Waals surface area contributed by atoms with E-state index in [9.17, 15) is 9.59 Å². The Morgan fingerprint density at radius 2 is 1.46 bits per heavy atom. The largest absolute Gasteiger partial charge is 0.493 e. The first-order valence-electron chi connectivity index (χ1n) is 9.01. The van der Waals surface area contributed by atoms with Crippen LogP contribution < -0.4 is 10.1 Å². The van der Waals surface area contributed by atoms with Crippen molar-refractivity contribution in [3.05, 3.63) is 66.7 Å². The number of para-hydroxylation sites is 1. The highest BCUT2D eigenvalue weighted by molar-refractivity contribution is 6.12. The summed E-state index contributed by atoms with van der Waals surface area (Å²) in [6.07, 6.45) is 7.34. The number of ether oxygens (including phenoxy) is 1. The summed E-state index contributed by atoms with van der Waals surface area (Å²) in [4.78, 5) is 20.1.